The lowest BCUT2D eigenvalue weighted by Crippen LogP contribution is -2.29. The molecule has 0 spiro atoms. The molecule has 82 valence electrons. The molecule has 1 aromatic heterocycles. The fourth-order valence-corrected chi connectivity index (χ4v) is 2.68. The van der Waals surface area contributed by atoms with Crippen LogP contribution < -0.4 is 0 Å². The minimum Gasteiger partial charge on any atom is -0.476 e. The number of carboxylic acids is 1. The standard InChI is InChI=1S/C10H13NO3S/c1-10(2-4-14-5-3-10)7-6-11-8(15-7)9(12)13/h6H,2-5H2,1H3,(H,12,13). The average Bonchev–Trinajstić information content (AvgIpc) is 2.68. The summed E-state index contributed by atoms with van der Waals surface area (Å²) in [6.45, 7) is 3.64. The number of aromatic carboxylic acids is 1. The molecule has 2 rings (SSSR count). The Bertz CT molecular complexity index is 368. The summed E-state index contributed by atoms with van der Waals surface area (Å²) in [5.74, 6) is -0.943. The van der Waals surface area contributed by atoms with Gasteiger partial charge in [-0.05, 0) is 12.8 Å². The maximum absolute atomic E-state index is 10.7. The van der Waals surface area contributed by atoms with Gasteiger partial charge in [0.2, 0.25) is 5.01 Å². The Labute approximate surface area is 91.9 Å². The molecule has 15 heavy (non-hydrogen) atoms. The molecular weight excluding hydrogens is 214 g/mol. The van der Waals surface area contributed by atoms with E-state index in [0.29, 0.717) is 0 Å². The van der Waals surface area contributed by atoms with Gasteiger partial charge in [0.05, 0.1) is 0 Å². The Morgan fingerprint density at radius 1 is 1.60 bits per heavy atom. The number of hydrogen-bond acceptors (Lipinski definition) is 4. The first-order valence-corrected chi connectivity index (χ1v) is 5.71. The van der Waals surface area contributed by atoms with Crippen LogP contribution in [0.25, 0.3) is 0 Å². The summed E-state index contributed by atoms with van der Waals surface area (Å²) in [6, 6.07) is 0. The SMILES string of the molecule is CC1(c2cnc(C(=O)O)s2)CCOCC1. The highest BCUT2D eigenvalue weighted by atomic mass is 32.1. The maximum atomic E-state index is 10.7. The number of nitrogens with zero attached hydrogens (tertiary/aromatic N) is 1. The van der Waals surface area contributed by atoms with Gasteiger partial charge in [0.25, 0.3) is 0 Å². The van der Waals surface area contributed by atoms with Gasteiger partial charge in [0.15, 0.2) is 0 Å². The van der Waals surface area contributed by atoms with E-state index < -0.39 is 5.97 Å². The second-order valence-electron chi connectivity index (χ2n) is 4.01. The van der Waals surface area contributed by atoms with Gasteiger partial charge >= 0.3 is 5.97 Å². The Morgan fingerprint density at radius 2 is 2.27 bits per heavy atom. The van der Waals surface area contributed by atoms with E-state index in [1.807, 2.05) is 0 Å². The third-order valence-corrected chi connectivity index (χ3v) is 4.17. The molecule has 1 aliphatic rings. The summed E-state index contributed by atoms with van der Waals surface area (Å²) >= 11 is 1.28. The molecule has 1 aromatic rings. The number of rotatable bonds is 2. The van der Waals surface area contributed by atoms with Gasteiger partial charge < -0.3 is 9.84 Å². The number of ether oxygens (including phenoxy) is 1. The number of aromatic nitrogens is 1. The lowest BCUT2D eigenvalue weighted by Gasteiger charge is -2.32. The van der Waals surface area contributed by atoms with Crippen molar-refractivity contribution in [3.8, 4) is 0 Å². The first-order valence-electron chi connectivity index (χ1n) is 4.89. The number of hydrogen-bond donors (Lipinski definition) is 1. The van der Waals surface area contributed by atoms with Gasteiger partial charge in [-0.15, -0.1) is 11.3 Å². The highest BCUT2D eigenvalue weighted by Crippen LogP contribution is 2.37. The van der Waals surface area contributed by atoms with E-state index in [2.05, 4.69) is 11.9 Å². The quantitative estimate of drug-likeness (QED) is 0.838. The zero-order chi connectivity index (χ0) is 10.9. The lowest BCUT2D eigenvalue weighted by molar-refractivity contribution is 0.0575. The molecule has 0 atom stereocenters. The molecule has 1 N–H and O–H groups in total. The maximum Gasteiger partial charge on any atom is 0.365 e. The molecule has 0 radical (unpaired) electrons. The molecule has 0 unspecified atom stereocenters. The van der Waals surface area contributed by atoms with Crippen molar-refractivity contribution in [2.45, 2.75) is 25.2 Å². The van der Waals surface area contributed by atoms with Crippen LogP contribution in [0.1, 0.15) is 34.4 Å². The van der Waals surface area contributed by atoms with Crippen LogP contribution in [0.5, 0.6) is 0 Å². The monoisotopic (exact) mass is 227 g/mol. The first-order chi connectivity index (χ1) is 7.12. The van der Waals surface area contributed by atoms with Crippen LogP contribution in [-0.2, 0) is 10.2 Å². The van der Waals surface area contributed by atoms with Crippen molar-refractivity contribution in [1.29, 1.82) is 0 Å². The third-order valence-electron chi connectivity index (χ3n) is 2.88. The van der Waals surface area contributed by atoms with Crippen molar-refractivity contribution in [3.05, 3.63) is 16.1 Å². The van der Waals surface area contributed by atoms with Crippen LogP contribution in [0, 0.1) is 0 Å². The zero-order valence-corrected chi connectivity index (χ0v) is 9.34. The zero-order valence-electron chi connectivity index (χ0n) is 8.52. The second-order valence-corrected chi connectivity index (χ2v) is 5.04. The van der Waals surface area contributed by atoms with Crippen LogP contribution in [0.15, 0.2) is 6.20 Å². The highest BCUT2D eigenvalue weighted by Gasteiger charge is 2.31. The minimum atomic E-state index is -0.943. The van der Waals surface area contributed by atoms with E-state index in [0.717, 1.165) is 30.9 Å². The fraction of sp³-hybridized carbons (Fsp3) is 0.600. The molecule has 0 saturated carbocycles. The third kappa shape index (κ3) is 2.03. The van der Waals surface area contributed by atoms with Gasteiger partial charge in [-0.1, -0.05) is 6.92 Å². The molecule has 0 aromatic carbocycles. The summed E-state index contributed by atoms with van der Waals surface area (Å²) < 4.78 is 5.31. The predicted octanol–water partition coefficient (Wildman–Crippen LogP) is 1.91. The van der Waals surface area contributed by atoms with Crippen molar-refractivity contribution < 1.29 is 14.6 Å². The minimum absolute atomic E-state index is 0.0453. The summed E-state index contributed by atoms with van der Waals surface area (Å²) in [7, 11) is 0. The lowest BCUT2D eigenvalue weighted by atomic mass is 9.81. The first kappa shape index (κ1) is 10.6. The van der Waals surface area contributed by atoms with Crippen molar-refractivity contribution in [3.63, 3.8) is 0 Å². The smallest absolute Gasteiger partial charge is 0.365 e. The van der Waals surface area contributed by atoms with E-state index in [1.165, 1.54) is 11.3 Å². The Balaban J connectivity index is 2.23. The predicted molar refractivity (Wildman–Crippen MR) is 56.5 cm³/mol. The molecule has 0 bridgehead atoms. The van der Waals surface area contributed by atoms with Gasteiger partial charge in [0.1, 0.15) is 0 Å². The molecule has 0 amide bonds. The fourth-order valence-electron chi connectivity index (χ4n) is 1.72. The van der Waals surface area contributed by atoms with Crippen LogP contribution in [-0.4, -0.2) is 29.3 Å². The average molecular weight is 227 g/mol. The summed E-state index contributed by atoms with van der Waals surface area (Å²) in [5, 5.41) is 8.98. The van der Waals surface area contributed by atoms with Crippen LogP contribution in [0.3, 0.4) is 0 Å². The van der Waals surface area contributed by atoms with E-state index in [-0.39, 0.29) is 10.4 Å². The number of thiazole rings is 1. The largest absolute Gasteiger partial charge is 0.476 e. The van der Waals surface area contributed by atoms with Crippen LogP contribution in [0.2, 0.25) is 0 Å². The normalized spacial score (nSPS) is 20.1. The number of carbonyl (C=O) groups is 1. The summed E-state index contributed by atoms with van der Waals surface area (Å²) in [6.07, 6.45) is 3.57. The molecule has 5 heteroatoms. The van der Waals surface area contributed by atoms with Crippen molar-refractivity contribution >= 4 is 17.3 Å². The van der Waals surface area contributed by atoms with E-state index in [1.54, 1.807) is 6.20 Å². The molecule has 1 aliphatic heterocycles. The van der Waals surface area contributed by atoms with Gasteiger partial charge in [-0.25, -0.2) is 9.78 Å². The van der Waals surface area contributed by atoms with Crippen LogP contribution >= 0.6 is 11.3 Å². The molecule has 2 heterocycles. The molecule has 0 aliphatic carbocycles. The Kier molecular flexibility index (Phi) is 2.75. The Hall–Kier alpha value is -0.940. The van der Waals surface area contributed by atoms with Gasteiger partial charge in [0, 0.05) is 29.7 Å². The van der Waals surface area contributed by atoms with Gasteiger partial charge in [-0.2, -0.15) is 0 Å². The van der Waals surface area contributed by atoms with Crippen molar-refractivity contribution in [2.24, 2.45) is 0 Å². The molecule has 1 fully saturated rings. The molecule has 1 saturated heterocycles. The Morgan fingerprint density at radius 3 is 2.80 bits per heavy atom. The van der Waals surface area contributed by atoms with E-state index in [4.69, 9.17) is 9.84 Å². The molecule has 4 nitrogen and oxygen atoms in total. The van der Waals surface area contributed by atoms with Crippen molar-refractivity contribution in [2.75, 3.05) is 13.2 Å². The van der Waals surface area contributed by atoms with E-state index >= 15 is 0 Å². The van der Waals surface area contributed by atoms with E-state index in [9.17, 15) is 4.79 Å². The number of carboxylic acid groups (broad SMARTS) is 1. The molecular formula is C10H13NO3S. The highest BCUT2D eigenvalue weighted by molar-refractivity contribution is 7.13. The van der Waals surface area contributed by atoms with Crippen LogP contribution in [0.4, 0.5) is 0 Å². The summed E-state index contributed by atoms with van der Waals surface area (Å²) in [4.78, 5) is 15.7. The second kappa shape index (κ2) is 3.90. The topological polar surface area (TPSA) is 59.4 Å². The van der Waals surface area contributed by atoms with Crippen molar-refractivity contribution in [1.82, 2.24) is 4.98 Å². The summed E-state index contributed by atoms with van der Waals surface area (Å²) in [5.41, 5.74) is 0.0453. The van der Waals surface area contributed by atoms with Gasteiger partial charge in [-0.3, -0.25) is 0 Å².